The van der Waals surface area contributed by atoms with Gasteiger partial charge in [-0.1, -0.05) is 24.3 Å². The van der Waals surface area contributed by atoms with Crippen molar-refractivity contribution in [3.63, 3.8) is 0 Å². The molecular weight excluding hydrogens is 300 g/mol. The molecule has 2 aromatic carbocycles. The molecule has 2 aromatic rings. The fourth-order valence-electron chi connectivity index (χ4n) is 2.98. The van der Waals surface area contributed by atoms with Gasteiger partial charge in [-0.25, -0.2) is 0 Å². The Balaban J connectivity index is 1.68. The molecule has 1 heterocycles. The predicted octanol–water partition coefficient (Wildman–Crippen LogP) is 3.61. The first-order valence-corrected chi connectivity index (χ1v) is 8.29. The lowest BCUT2D eigenvalue weighted by Gasteiger charge is -2.16. The molecule has 4 heteroatoms. The standard InChI is InChI=1S/C20H22N2O2/c1-14-8-9-16(11-15(14)2)12-19(23)21-17-5-3-6-18(13-17)22-10-4-7-20(22)24/h3,5-6,8-9,11,13H,4,7,10,12H2,1-2H3,(H,21,23). The summed E-state index contributed by atoms with van der Waals surface area (Å²) >= 11 is 0. The maximum Gasteiger partial charge on any atom is 0.228 e. The number of aryl methyl sites for hydroxylation is 2. The fourth-order valence-corrected chi connectivity index (χ4v) is 2.98. The number of carbonyl (C=O) groups is 2. The summed E-state index contributed by atoms with van der Waals surface area (Å²) in [7, 11) is 0. The first-order chi connectivity index (χ1) is 11.5. The van der Waals surface area contributed by atoms with Gasteiger partial charge in [-0.15, -0.1) is 0 Å². The van der Waals surface area contributed by atoms with E-state index < -0.39 is 0 Å². The summed E-state index contributed by atoms with van der Waals surface area (Å²) < 4.78 is 0. The van der Waals surface area contributed by atoms with Crippen molar-refractivity contribution in [2.75, 3.05) is 16.8 Å². The lowest BCUT2D eigenvalue weighted by molar-refractivity contribution is -0.117. The van der Waals surface area contributed by atoms with Crippen LogP contribution >= 0.6 is 0 Å². The van der Waals surface area contributed by atoms with Gasteiger partial charge in [0.15, 0.2) is 0 Å². The highest BCUT2D eigenvalue weighted by atomic mass is 16.2. The quantitative estimate of drug-likeness (QED) is 0.935. The highest BCUT2D eigenvalue weighted by Crippen LogP contribution is 2.24. The highest BCUT2D eigenvalue weighted by molar-refractivity contribution is 5.97. The van der Waals surface area contributed by atoms with Gasteiger partial charge in [-0.2, -0.15) is 0 Å². The molecule has 0 atom stereocenters. The van der Waals surface area contributed by atoms with Crippen molar-refractivity contribution in [2.24, 2.45) is 0 Å². The first kappa shape index (κ1) is 16.2. The molecule has 124 valence electrons. The normalized spacial score (nSPS) is 14.1. The van der Waals surface area contributed by atoms with E-state index in [0.717, 1.165) is 29.9 Å². The Morgan fingerprint density at radius 2 is 1.96 bits per heavy atom. The summed E-state index contributed by atoms with van der Waals surface area (Å²) in [5, 5.41) is 2.93. The fraction of sp³-hybridized carbons (Fsp3) is 0.300. The molecule has 1 N–H and O–H groups in total. The molecule has 0 bridgehead atoms. The van der Waals surface area contributed by atoms with Crippen LogP contribution in [0.15, 0.2) is 42.5 Å². The van der Waals surface area contributed by atoms with Crippen LogP contribution in [-0.2, 0) is 16.0 Å². The van der Waals surface area contributed by atoms with Gasteiger partial charge in [-0.3, -0.25) is 9.59 Å². The van der Waals surface area contributed by atoms with E-state index in [1.54, 1.807) is 4.90 Å². The summed E-state index contributed by atoms with van der Waals surface area (Å²) in [6.07, 6.45) is 1.83. The Labute approximate surface area is 142 Å². The molecule has 0 spiro atoms. The van der Waals surface area contributed by atoms with Crippen molar-refractivity contribution < 1.29 is 9.59 Å². The van der Waals surface area contributed by atoms with Crippen LogP contribution in [0.4, 0.5) is 11.4 Å². The van der Waals surface area contributed by atoms with Gasteiger partial charge in [0.25, 0.3) is 0 Å². The molecule has 24 heavy (non-hydrogen) atoms. The minimum atomic E-state index is -0.0526. The van der Waals surface area contributed by atoms with Crippen LogP contribution in [-0.4, -0.2) is 18.4 Å². The smallest absolute Gasteiger partial charge is 0.228 e. The average Bonchev–Trinajstić information content (AvgIpc) is 2.97. The molecule has 1 aliphatic heterocycles. The van der Waals surface area contributed by atoms with E-state index in [-0.39, 0.29) is 11.8 Å². The van der Waals surface area contributed by atoms with Crippen LogP contribution in [0, 0.1) is 13.8 Å². The van der Waals surface area contributed by atoms with Gasteiger partial charge in [0.2, 0.25) is 11.8 Å². The van der Waals surface area contributed by atoms with E-state index in [9.17, 15) is 9.59 Å². The second-order valence-electron chi connectivity index (χ2n) is 6.34. The van der Waals surface area contributed by atoms with E-state index in [1.807, 2.05) is 49.4 Å². The van der Waals surface area contributed by atoms with E-state index in [0.29, 0.717) is 12.8 Å². The van der Waals surface area contributed by atoms with E-state index in [1.165, 1.54) is 11.1 Å². The summed E-state index contributed by atoms with van der Waals surface area (Å²) in [5.41, 5.74) is 4.99. The molecule has 4 nitrogen and oxygen atoms in total. The SMILES string of the molecule is Cc1ccc(CC(=O)Nc2cccc(N3CCCC3=O)c2)cc1C. The molecule has 1 saturated heterocycles. The van der Waals surface area contributed by atoms with Crippen LogP contribution in [0.3, 0.4) is 0 Å². The number of hydrogen-bond donors (Lipinski definition) is 1. The van der Waals surface area contributed by atoms with Gasteiger partial charge in [0, 0.05) is 24.3 Å². The van der Waals surface area contributed by atoms with Gasteiger partial charge in [-0.05, 0) is 55.2 Å². The Bertz CT molecular complexity index is 783. The lowest BCUT2D eigenvalue weighted by atomic mass is 10.0. The van der Waals surface area contributed by atoms with Gasteiger partial charge < -0.3 is 10.2 Å². The molecule has 0 saturated carbocycles. The number of nitrogens with one attached hydrogen (secondary N) is 1. The van der Waals surface area contributed by atoms with Crippen LogP contribution < -0.4 is 10.2 Å². The number of anilines is 2. The van der Waals surface area contributed by atoms with Crippen molar-refractivity contribution >= 4 is 23.2 Å². The zero-order chi connectivity index (χ0) is 17.1. The topological polar surface area (TPSA) is 49.4 Å². The summed E-state index contributed by atoms with van der Waals surface area (Å²) in [6, 6.07) is 13.6. The third kappa shape index (κ3) is 3.65. The molecule has 3 rings (SSSR count). The third-order valence-electron chi connectivity index (χ3n) is 4.45. The molecule has 2 amide bonds. The van der Waals surface area contributed by atoms with Crippen LogP contribution in [0.1, 0.15) is 29.5 Å². The molecule has 0 aromatic heterocycles. The molecule has 0 radical (unpaired) electrons. The largest absolute Gasteiger partial charge is 0.326 e. The number of carbonyl (C=O) groups excluding carboxylic acids is 2. The molecule has 0 unspecified atom stereocenters. The predicted molar refractivity (Wildman–Crippen MR) is 96.3 cm³/mol. The summed E-state index contributed by atoms with van der Waals surface area (Å²) in [4.78, 5) is 25.9. The number of benzene rings is 2. The van der Waals surface area contributed by atoms with E-state index >= 15 is 0 Å². The zero-order valence-electron chi connectivity index (χ0n) is 14.1. The molecule has 1 aliphatic rings. The van der Waals surface area contributed by atoms with Gasteiger partial charge in [0.1, 0.15) is 0 Å². The zero-order valence-corrected chi connectivity index (χ0v) is 14.1. The molecular formula is C20H22N2O2. The van der Waals surface area contributed by atoms with Gasteiger partial charge >= 0.3 is 0 Å². The second kappa shape index (κ2) is 6.87. The second-order valence-corrected chi connectivity index (χ2v) is 6.34. The van der Waals surface area contributed by atoms with Crippen molar-refractivity contribution in [1.82, 2.24) is 0 Å². The minimum absolute atomic E-state index is 0.0526. The van der Waals surface area contributed by atoms with E-state index in [2.05, 4.69) is 12.2 Å². The van der Waals surface area contributed by atoms with Crippen LogP contribution in [0.2, 0.25) is 0 Å². The third-order valence-corrected chi connectivity index (χ3v) is 4.45. The van der Waals surface area contributed by atoms with Crippen molar-refractivity contribution in [3.8, 4) is 0 Å². The van der Waals surface area contributed by atoms with Crippen molar-refractivity contribution in [3.05, 3.63) is 59.2 Å². The molecule has 1 fully saturated rings. The van der Waals surface area contributed by atoms with Gasteiger partial charge in [0.05, 0.1) is 6.42 Å². The van der Waals surface area contributed by atoms with Crippen molar-refractivity contribution in [2.45, 2.75) is 33.1 Å². The van der Waals surface area contributed by atoms with Crippen LogP contribution in [0.5, 0.6) is 0 Å². The number of amides is 2. The summed E-state index contributed by atoms with van der Waals surface area (Å²) in [5.74, 6) is 0.0942. The minimum Gasteiger partial charge on any atom is -0.326 e. The maximum atomic E-state index is 12.3. The maximum absolute atomic E-state index is 12.3. The van der Waals surface area contributed by atoms with Crippen molar-refractivity contribution in [1.29, 1.82) is 0 Å². The Morgan fingerprint density at radius 3 is 2.67 bits per heavy atom. The molecule has 0 aliphatic carbocycles. The van der Waals surface area contributed by atoms with Crippen LogP contribution in [0.25, 0.3) is 0 Å². The average molecular weight is 322 g/mol. The number of nitrogens with zero attached hydrogens (tertiary/aromatic N) is 1. The number of hydrogen-bond acceptors (Lipinski definition) is 2. The Morgan fingerprint density at radius 1 is 1.12 bits per heavy atom. The Hall–Kier alpha value is -2.62. The number of rotatable bonds is 4. The monoisotopic (exact) mass is 322 g/mol. The lowest BCUT2D eigenvalue weighted by Crippen LogP contribution is -2.23. The van der Waals surface area contributed by atoms with E-state index in [4.69, 9.17) is 0 Å². The summed E-state index contributed by atoms with van der Waals surface area (Å²) in [6.45, 7) is 4.86. The Kier molecular flexibility index (Phi) is 4.65. The highest BCUT2D eigenvalue weighted by Gasteiger charge is 2.21. The first-order valence-electron chi connectivity index (χ1n) is 8.29.